The van der Waals surface area contributed by atoms with Crippen molar-refractivity contribution >= 4 is 0 Å². The summed E-state index contributed by atoms with van der Waals surface area (Å²) in [5, 5.41) is 12.1. The fourth-order valence-corrected chi connectivity index (χ4v) is 1.58. The number of nitrogens with one attached hydrogen (secondary N) is 1. The molecule has 0 aliphatic heterocycles. The molecule has 68 valence electrons. The molecule has 0 atom stereocenters. The zero-order chi connectivity index (χ0) is 9.14. The Kier molecular flexibility index (Phi) is 2.87. The third-order valence-electron chi connectivity index (χ3n) is 2.27. The Hall–Kier alpha value is -0.830. The van der Waals surface area contributed by atoms with Crippen molar-refractivity contribution in [2.24, 2.45) is 0 Å². The highest BCUT2D eigenvalue weighted by atomic mass is 16.2. The number of aryl methyl sites for hydroxylation is 2. The Bertz CT molecular complexity index is 266. The molecule has 1 aromatic rings. The third-order valence-corrected chi connectivity index (χ3v) is 2.27. The molecule has 0 unspecified atom stereocenters. The van der Waals surface area contributed by atoms with Gasteiger partial charge in [0.15, 0.2) is 6.54 Å². The number of hydrogen-bond donors (Lipinski definition) is 2. The molecule has 2 N–H and O–H groups in total. The number of aliphatic hydroxyl groups excluding tert-OH is 1. The fourth-order valence-electron chi connectivity index (χ4n) is 1.58. The van der Waals surface area contributed by atoms with E-state index in [1.54, 1.807) is 0 Å². The Morgan fingerprint density at radius 3 is 2.50 bits per heavy atom. The van der Waals surface area contributed by atoms with Gasteiger partial charge in [-0.25, -0.2) is 0 Å². The number of aromatic nitrogens is 2. The van der Waals surface area contributed by atoms with Crippen LogP contribution in [0.1, 0.15) is 23.9 Å². The van der Waals surface area contributed by atoms with Crippen molar-refractivity contribution in [3.63, 3.8) is 0 Å². The van der Waals surface area contributed by atoms with E-state index < -0.39 is 0 Å². The van der Waals surface area contributed by atoms with Gasteiger partial charge in [-0.1, -0.05) is 0 Å². The van der Waals surface area contributed by atoms with Gasteiger partial charge in [-0.05, 0) is 13.8 Å². The molecule has 1 rings (SSSR count). The second kappa shape index (κ2) is 3.72. The topological polar surface area (TPSA) is 39.9 Å². The minimum Gasteiger partial charge on any atom is -0.396 e. The van der Waals surface area contributed by atoms with E-state index in [1.165, 1.54) is 17.0 Å². The molecule has 3 nitrogen and oxygen atoms in total. The number of rotatable bonds is 3. The average molecular weight is 169 g/mol. The highest BCUT2D eigenvalue weighted by molar-refractivity contribution is 5.19. The van der Waals surface area contributed by atoms with Gasteiger partial charge in [0, 0.05) is 25.5 Å². The molecule has 12 heavy (non-hydrogen) atoms. The zero-order valence-electron chi connectivity index (χ0n) is 8.02. The molecule has 0 amide bonds. The lowest BCUT2D eigenvalue weighted by molar-refractivity contribution is -0.752. The maximum atomic E-state index is 8.83. The molecule has 0 aromatic carbocycles. The molecule has 0 radical (unpaired) electrons. The first kappa shape index (κ1) is 9.26. The minimum atomic E-state index is 0.225. The van der Waals surface area contributed by atoms with Crippen LogP contribution in [0.3, 0.4) is 0 Å². The van der Waals surface area contributed by atoms with Crippen LogP contribution < -0.4 is 4.68 Å². The quantitative estimate of drug-likeness (QED) is 0.635. The van der Waals surface area contributed by atoms with Crippen LogP contribution in [0.5, 0.6) is 0 Å². The Morgan fingerprint density at radius 1 is 1.42 bits per heavy atom. The van der Waals surface area contributed by atoms with Gasteiger partial charge >= 0.3 is 0 Å². The molecule has 3 heteroatoms. The molecule has 0 aliphatic rings. The van der Waals surface area contributed by atoms with Crippen molar-refractivity contribution in [2.75, 3.05) is 6.61 Å². The molecule has 1 heterocycles. The lowest BCUT2D eigenvalue weighted by Gasteiger charge is -1.92. The second-order valence-corrected chi connectivity index (χ2v) is 3.02. The maximum Gasteiger partial charge on any atom is 0.208 e. The molecular weight excluding hydrogens is 152 g/mol. The second-order valence-electron chi connectivity index (χ2n) is 3.02. The van der Waals surface area contributed by atoms with Gasteiger partial charge in [-0.3, -0.25) is 0 Å². The van der Waals surface area contributed by atoms with Crippen molar-refractivity contribution in [3.05, 3.63) is 17.0 Å². The molecule has 0 spiro atoms. The number of hydrogen-bond acceptors (Lipinski definition) is 1. The van der Waals surface area contributed by atoms with Crippen LogP contribution in [0.4, 0.5) is 0 Å². The van der Waals surface area contributed by atoms with Crippen molar-refractivity contribution in [1.29, 1.82) is 0 Å². The normalized spacial score (nSPS) is 10.7. The molecule has 0 aliphatic carbocycles. The Balaban J connectivity index is 3.01. The van der Waals surface area contributed by atoms with Crippen molar-refractivity contribution in [3.8, 4) is 0 Å². The average Bonchev–Trinajstić information content (AvgIpc) is 2.32. The Labute approximate surface area is 73.0 Å². The molecule has 1 aromatic heterocycles. The predicted octanol–water partition coefficient (Wildman–Crippen LogP) is 0.474. The standard InChI is InChI=1S/C9H16N2O/c1-4-11-8(3)9(5-6-12)7(2)10-11/h12H,4-6H2,1-3H3/p+1. The minimum absolute atomic E-state index is 0.225. The number of aliphatic hydroxyl groups is 1. The summed E-state index contributed by atoms with van der Waals surface area (Å²) in [6.07, 6.45) is 0.751. The summed E-state index contributed by atoms with van der Waals surface area (Å²) in [5.74, 6) is 0. The van der Waals surface area contributed by atoms with Crippen molar-refractivity contribution < 1.29 is 9.79 Å². The summed E-state index contributed by atoms with van der Waals surface area (Å²) >= 11 is 0. The maximum absolute atomic E-state index is 8.83. The monoisotopic (exact) mass is 169 g/mol. The van der Waals surface area contributed by atoms with Crippen LogP contribution in [0.2, 0.25) is 0 Å². The highest BCUT2D eigenvalue weighted by Crippen LogP contribution is 2.07. The predicted molar refractivity (Wildman–Crippen MR) is 46.9 cm³/mol. The van der Waals surface area contributed by atoms with E-state index in [2.05, 4.69) is 23.6 Å². The third kappa shape index (κ3) is 1.50. The highest BCUT2D eigenvalue weighted by Gasteiger charge is 2.15. The van der Waals surface area contributed by atoms with E-state index in [4.69, 9.17) is 5.11 Å². The van der Waals surface area contributed by atoms with Gasteiger partial charge < -0.3 is 5.11 Å². The Morgan fingerprint density at radius 2 is 2.08 bits per heavy atom. The van der Waals surface area contributed by atoms with Crippen LogP contribution in [-0.2, 0) is 13.0 Å². The molecular formula is C9H17N2O+. The first-order valence-corrected chi connectivity index (χ1v) is 4.39. The molecule has 0 fully saturated rings. The van der Waals surface area contributed by atoms with E-state index in [0.717, 1.165) is 13.0 Å². The SMILES string of the molecule is CC[n+]1[nH]c(C)c(CCO)c1C. The van der Waals surface area contributed by atoms with Crippen LogP contribution in [0, 0.1) is 13.8 Å². The molecule has 0 saturated carbocycles. The first-order valence-electron chi connectivity index (χ1n) is 4.39. The van der Waals surface area contributed by atoms with Gasteiger partial charge in [0.25, 0.3) is 0 Å². The van der Waals surface area contributed by atoms with Gasteiger partial charge in [0.05, 0.1) is 5.69 Å². The lowest BCUT2D eigenvalue weighted by atomic mass is 10.1. The summed E-state index contributed by atoms with van der Waals surface area (Å²) in [7, 11) is 0. The van der Waals surface area contributed by atoms with E-state index >= 15 is 0 Å². The van der Waals surface area contributed by atoms with E-state index in [0.29, 0.717) is 0 Å². The van der Waals surface area contributed by atoms with E-state index in [-0.39, 0.29) is 6.61 Å². The lowest BCUT2D eigenvalue weighted by Crippen LogP contribution is -2.37. The van der Waals surface area contributed by atoms with Crippen molar-refractivity contribution in [2.45, 2.75) is 33.7 Å². The van der Waals surface area contributed by atoms with E-state index in [1.807, 2.05) is 6.92 Å². The van der Waals surface area contributed by atoms with Gasteiger partial charge in [-0.2, -0.15) is 5.10 Å². The number of H-pyrrole nitrogens is 1. The smallest absolute Gasteiger partial charge is 0.208 e. The summed E-state index contributed by atoms with van der Waals surface area (Å²) in [6, 6.07) is 0. The van der Waals surface area contributed by atoms with Crippen LogP contribution in [0.25, 0.3) is 0 Å². The fraction of sp³-hybridized carbons (Fsp3) is 0.667. The van der Waals surface area contributed by atoms with Crippen LogP contribution in [-0.4, -0.2) is 16.8 Å². The van der Waals surface area contributed by atoms with Crippen molar-refractivity contribution in [1.82, 2.24) is 5.10 Å². The van der Waals surface area contributed by atoms with Gasteiger partial charge in [0.2, 0.25) is 5.69 Å². The first-order chi connectivity index (χ1) is 5.70. The van der Waals surface area contributed by atoms with Gasteiger partial charge in [0.1, 0.15) is 0 Å². The molecule has 0 bridgehead atoms. The summed E-state index contributed by atoms with van der Waals surface area (Å²) in [4.78, 5) is 0. The van der Waals surface area contributed by atoms with Crippen LogP contribution >= 0.6 is 0 Å². The number of aromatic amines is 1. The summed E-state index contributed by atoms with van der Waals surface area (Å²) in [5.41, 5.74) is 3.66. The summed E-state index contributed by atoms with van der Waals surface area (Å²) in [6.45, 7) is 7.41. The van der Waals surface area contributed by atoms with E-state index in [9.17, 15) is 0 Å². The molecule has 0 saturated heterocycles. The van der Waals surface area contributed by atoms with Crippen LogP contribution in [0.15, 0.2) is 0 Å². The van der Waals surface area contributed by atoms with Gasteiger partial charge in [-0.15, -0.1) is 4.68 Å². The number of nitrogens with zero attached hydrogens (tertiary/aromatic N) is 1. The summed E-state index contributed by atoms with van der Waals surface area (Å²) < 4.78 is 2.10. The largest absolute Gasteiger partial charge is 0.396 e. The zero-order valence-corrected chi connectivity index (χ0v) is 8.02.